The van der Waals surface area contributed by atoms with Crippen LogP contribution in [0.25, 0.3) is 0 Å². The first-order valence-corrected chi connectivity index (χ1v) is 9.46. The molecule has 120 valence electrons. The lowest BCUT2D eigenvalue weighted by Gasteiger charge is -2.60. The van der Waals surface area contributed by atoms with Crippen molar-refractivity contribution in [2.45, 2.75) is 83.8 Å². The number of rotatable bonds is 0. The Morgan fingerprint density at radius 2 is 1.57 bits per heavy atom. The number of quaternary nitrogens is 1. The molecule has 0 aromatic carbocycles. The number of aliphatic hydroxyl groups excluding tert-OH is 1. The van der Waals surface area contributed by atoms with Crippen molar-refractivity contribution in [3.8, 4) is 0 Å². The first-order valence-electron chi connectivity index (χ1n) is 9.46. The lowest BCUT2D eigenvalue weighted by atomic mass is 9.45. The lowest BCUT2D eigenvalue weighted by Crippen LogP contribution is -2.65. The van der Waals surface area contributed by atoms with E-state index >= 15 is 0 Å². The monoisotopic (exact) mass is 292 g/mol. The van der Waals surface area contributed by atoms with Crippen LogP contribution in [0.4, 0.5) is 0 Å². The van der Waals surface area contributed by atoms with Crippen molar-refractivity contribution in [3.05, 3.63) is 0 Å². The SMILES string of the molecule is C[C@]12CC[C@H]([NH3+])C[C@@H]1CC[C@H]1[C@H]3CC[C@H](O)[C@]3(C)CC[C@@H]12. The highest BCUT2D eigenvalue weighted by atomic mass is 16.3. The smallest absolute Gasteiger partial charge is 0.0846 e. The Morgan fingerprint density at radius 1 is 0.857 bits per heavy atom. The van der Waals surface area contributed by atoms with Crippen LogP contribution < -0.4 is 5.73 Å². The van der Waals surface area contributed by atoms with Gasteiger partial charge in [0.2, 0.25) is 0 Å². The topological polar surface area (TPSA) is 47.9 Å². The quantitative estimate of drug-likeness (QED) is 0.708. The average Bonchev–Trinajstić information content (AvgIpc) is 2.76. The summed E-state index contributed by atoms with van der Waals surface area (Å²) in [5.41, 5.74) is 5.20. The fraction of sp³-hybridized carbons (Fsp3) is 1.00. The molecular formula is C19H34NO+. The fourth-order valence-corrected chi connectivity index (χ4v) is 7.32. The van der Waals surface area contributed by atoms with Crippen LogP contribution in [0, 0.1) is 34.5 Å². The van der Waals surface area contributed by atoms with Crippen molar-refractivity contribution in [2.75, 3.05) is 0 Å². The van der Waals surface area contributed by atoms with E-state index in [0.717, 1.165) is 30.1 Å². The van der Waals surface area contributed by atoms with Gasteiger partial charge in [0.1, 0.15) is 0 Å². The summed E-state index contributed by atoms with van der Waals surface area (Å²) >= 11 is 0. The van der Waals surface area contributed by atoms with Crippen LogP contribution >= 0.6 is 0 Å². The highest BCUT2D eigenvalue weighted by molar-refractivity contribution is 5.09. The second-order valence-electron chi connectivity index (χ2n) is 9.43. The van der Waals surface area contributed by atoms with Crippen molar-refractivity contribution < 1.29 is 10.8 Å². The number of hydrogen-bond donors (Lipinski definition) is 2. The van der Waals surface area contributed by atoms with Gasteiger partial charge in [-0.1, -0.05) is 13.8 Å². The van der Waals surface area contributed by atoms with Crippen LogP contribution in [0.15, 0.2) is 0 Å². The molecule has 4 rings (SSSR count). The molecule has 4 aliphatic carbocycles. The van der Waals surface area contributed by atoms with Crippen LogP contribution in [0.2, 0.25) is 0 Å². The Labute approximate surface area is 129 Å². The Morgan fingerprint density at radius 3 is 2.38 bits per heavy atom. The van der Waals surface area contributed by atoms with Crippen molar-refractivity contribution in [1.29, 1.82) is 0 Å². The molecule has 4 fully saturated rings. The minimum atomic E-state index is -0.0236. The van der Waals surface area contributed by atoms with E-state index in [1.807, 2.05) is 0 Å². The third-order valence-corrected chi connectivity index (χ3v) is 8.72. The van der Waals surface area contributed by atoms with Crippen LogP contribution in [-0.4, -0.2) is 17.3 Å². The molecule has 4 N–H and O–H groups in total. The van der Waals surface area contributed by atoms with Gasteiger partial charge in [-0.3, -0.25) is 0 Å². The molecule has 0 bridgehead atoms. The van der Waals surface area contributed by atoms with E-state index in [2.05, 4.69) is 19.6 Å². The first-order chi connectivity index (χ1) is 9.95. The Balaban J connectivity index is 1.62. The van der Waals surface area contributed by atoms with Gasteiger partial charge >= 0.3 is 0 Å². The molecule has 21 heavy (non-hydrogen) atoms. The van der Waals surface area contributed by atoms with Gasteiger partial charge in [-0.15, -0.1) is 0 Å². The molecule has 2 heteroatoms. The second kappa shape index (κ2) is 4.71. The van der Waals surface area contributed by atoms with Gasteiger partial charge in [0.25, 0.3) is 0 Å². The van der Waals surface area contributed by atoms with Gasteiger partial charge in [0.05, 0.1) is 12.1 Å². The largest absolute Gasteiger partial charge is 0.393 e. The van der Waals surface area contributed by atoms with E-state index in [0.29, 0.717) is 11.5 Å². The summed E-state index contributed by atoms with van der Waals surface area (Å²) in [6, 6.07) is 0.710. The predicted molar refractivity (Wildman–Crippen MR) is 84.4 cm³/mol. The van der Waals surface area contributed by atoms with E-state index in [1.165, 1.54) is 51.4 Å². The van der Waals surface area contributed by atoms with E-state index in [9.17, 15) is 5.11 Å². The summed E-state index contributed by atoms with van der Waals surface area (Å²) in [5.74, 6) is 3.59. The summed E-state index contributed by atoms with van der Waals surface area (Å²) < 4.78 is 0. The predicted octanol–water partition coefficient (Wildman–Crippen LogP) is 3.00. The highest BCUT2D eigenvalue weighted by Crippen LogP contribution is 2.65. The van der Waals surface area contributed by atoms with E-state index in [1.54, 1.807) is 0 Å². The molecule has 4 aliphatic rings. The van der Waals surface area contributed by atoms with Crippen molar-refractivity contribution >= 4 is 0 Å². The molecule has 0 radical (unpaired) electrons. The molecule has 0 aromatic rings. The summed E-state index contributed by atoms with van der Waals surface area (Å²) in [4.78, 5) is 0. The van der Waals surface area contributed by atoms with Crippen LogP contribution in [-0.2, 0) is 0 Å². The maximum atomic E-state index is 10.5. The van der Waals surface area contributed by atoms with Crippen LogP contribution in [0.5, 0.6) is 0 Å². The number of aliphatic hydroxyl groups is 1. The van der Waals surface area contributed by atoms with Gasteiger partial charge in [-0.05, 0) is 85.9 Å². The maximum Gasteiger partial charge on any atom is 0.0846 e. The molecule has 0 aromatic heterocycles. The number of fused-ring (bicyclic) bond motifs is 5. The molecule has 0 spiro atoms. The van der Waals surface area contributed by atoms with E-state index in [-0.39, 0.29) is 11.5 Å². The molecule has 4 saturated carbocycles. The summed E-state index contributed by atoms with van der Waals surface area (Å²) in [6.07, 6.45) is 12.0. The fourth-order valence-electron chi connectivity index (χ4n) is 7.32. The Kier molecular flexibility index (Phi) is 3.25. The average molecular weight is 292 g/mol. The lowest BCUT2D eigenvalue weighted by molar-refractivity contribution is -0.433. The van der Waals surface area contributed by atoms with Crippen molar-refractivity contribution in [3.63, 3.8) is 0 Å². The summed E-state index contributed by atoms with van der Waals surface area (Å²) in [6.45, 7) is 5.02. The zero-order chi connectivity index (χ0) is 14.8. The third kappa shape index (κ3) is 1.91. The minimum absolute atomic E-state index is 0.0236. The second-order valence-corrected chi connectivity index (χ2v) is 9.43. The molecule has 0 saturated heterocycles. The van der Waals surface area contributed by atoms with E-state index < -0.39 is 0 Å². The molecule has 0 aliphatic heterocycles. The minimum Gasteiger partial charge on any atom is -0.393 e. The van der Waals surface area contributed by atoms with Gasteiger partial charge in [0, 0.05) is 6.42 Å². The molecule has 2 nitrogen and oxygen atoms in total. The van der Waals surface area contributed by atoms with E-state index in [4.69, 9.17) is 0 Å². The third-order valence-electron chi connectivity index (χ3n) is 8.72. The molecule has 0 heterocycles. The molecular weight excluding hydrogens is 258 g/mol. The zero-order valence-electron chi connectivity index (χ0n) is 14.0. The van der Waals surface area contributed by atoms with Gasteiger partial charge in [-0.25, -0.2) is 0 Å². The summed E-state index contributed by atoms with van der Waals surface area (Å²) in [5, 5.41) is 10.5. The molecule has 0 unspecified atom stereocenters. The highest BCUT2D eigenvalue weighted by Gasteiger charge is 2.60. The van der Waals surface area contributed by atoms with Crippen molar-refractivity contribution in [2.24, 2.45) is 34.5 Å². The first kappa shape index (κ1) is 14.5. The normalized spacial score (nSPS) is 60.0. The van der Waals surface area contributed by atoms with Gasteiger partial charge < -0.3 is 10.8 Å². The summed E-state index contributed by atoms with van der Waals surface area (Å²) in [7, 11) is 0. The Hall–Kier alpha value is -0.0800. The van der Waals surface area contributed by atoms with Gasteiger partial charge in [-0.2, -0.15) is 0 Å². The maximum absolute atomic E-state index is 10.5. The number of hydrogen-bond acceptors (Lipinski definition) is 1. The van der Waals surface area contributed by atoms with Crippen LogP contribution in [0.1, 0.15) is 71.6 Å². The molecule has 8 atom stereocenters. The van der Waals surface area contributed by atoms with Gasteiger partial charge in [0.15, 0.2) is 0 Å². The standard InChI is InChI=1S/C19H33NO/c1-18-9-7-13(20)11-12(18)3-4-14-15-5-6-17(21)19(15,2)10-8-16(14)18/h12-17,21H,3-11,20H2,1-2H3/p+1/t12-,13-,14-,15+,16-,17-,18-,19+/m0/s1. The molecule has 0 amide bonds. The zero-order valence-corrected chi connectivity index (χ0v) is 14.0. The Bertz CT molecular complexity index is 424. The van der Waals surface area contributed by atoms with Crippen LogP contribution in [0.3, 0.4) is 0 Å². The van der Waals surface area contributed by atoms with Crippen molar-refractivity contribution in [1.82, 2.24) is 0 Å².